The molecule has 2 unspecified atom stereocenters. The number of hydrogen-bond acceptors (Lipinski definition) is 3. The van der Waals surface area contributed by atoms with Gasteiger partial charge in [0.05, 0.1) is 12.7 Å². The lowest BCUT2D eigenvalue weighted by Crippen LogP contribution is -2.33. The summed E-state index contributed by atoms with van der Waals surface area (Å²) in [6.07, 6.45) is 0.906. The van der Waals surface area contributed by atoms with Crippen LogP contribution in [0.4, 0.5) is 0 Å². The number of carbonyl (C=O) groups is 1. The van der Waals surface area contributed by atoms with Gasteiger partial charge in [0.15, 0.2) is 0 Å². The molecule has 1 aliphatic carbocycles. The van der Waals surface area contributed by atoms with Crippen molar-refractivity contribution in [3.8, 4) is 0 Å². The zero-order chi connectivity index (χ0) is 21.8. The number of methoxy groups -OCH3 is 1. The Kier molecular flexibility index (Phi) is 6.34. The summed E-state index contributed by atoms with van der Waals surface area (Å²) in [5.74, 6) is 0.0678. The van der Waals surface area contributed by atoms with Crippen LogP contribution in [0.25, 0.3) is 5.57 Å². The smallest absolute Gasteiger partial charge is 0.337 e. The number of carbonyl (C=O) groups excluding carboxylic acids is 1. The van der Waals surface area contributed by atoms with Crippen LogP contribution < -0.4 is 5.32 Å². The molecule has 158 valence electrons. The normalized spacial score (nSPS) is 16.5. The van der Waals surface area contributed by atoms with Crippen LogP contribution in [0.5, 0.6) is 0 Å². The van der Waals surface area contributed by atoms with E-state index in [0.29, 0.717) is 11.5 Å². The molecule has 0 spiro atoms. The molecule has 31 heavy (non-hydrogen) atoms. The van der Waals surface area contributed by atoms with Gasteiger partial charge in [0.25, 0.3) is 0 Å². The second kappa shape index (κ2) is 9.32. The molecule has 0 bridgehead atoms. The molecule has 3 aromatic rings. The first kappa shape index (κ1) is 21.1. The highest BCUT2D eigenvalue weighted by atomic mass is 16.5. The number of esters is 1. The maximum Gasteiger partial charge on any atom is 0.337 e. The van der Waals surface area contributed by atoms with E-state index in [1.165, 1.54) is 40.5 Å². The number of benzene rings is 3. The van der Waals surface area contributed by atoms with Gasteiger partial charge in [-0.25, -0.2) is 4.79 Å². The lowest BCUT2D eigenvalue weighted by atomic mass is 9.74. The van der Waals surface area contributed by atoms with Crippen molar-refractivity contribution in [2.24, 2.45) is 5.92 Å². The summed E-state index contributed by atoms with van der Waals surface area (Å²) in [4.78, 5) is 12.1. The molecule has 2 atom stereocenters. The summed E-state index contributed by atoms with van der Waals surface area (Å²) in [6.45, 7) is 5.37. The van der Waals surface area contributed by atoms with Crippen LogP contribution in [0.2, 0.25) is 0 Å². The average Bonchev–Trinajstić information content (AvgIpc) is 2.82. The minimum absolute atomic E-state index is 0.221. The van der Waals surface area contributed by atoms with Crippen molar-refractivity contribution in [2.45, 2.75) is 32.9 Å². The van der Waals surface area contributed by atoms with Crippen LogP contribution in [-0.4, -0.2) is 19.1 Å². The van der Waals surface area contributed by atoms with Crippen molar-refractivity contribution in [3.05, 3.63) is 112 Å². The Hall–Kier alpha value is -3.17. The van der Waals surface area contributed by atoms with E-state index >= 15 is 0 Å². The largest absolute Gasteiger partial charge is 0.465 e. The van der Waals surface area contributed by atoms with E-state index in [4.69, 9.17) is 4.74 Å². The van der Waals surface area contributed by atoms with E-state index in [2.05, 4.69) is 73.8 Å². The quantitative estimate of drug-likeness (QED) is 0.533. The predicted octanol–water partition coefficient (Wildman–Crippen LogP) is 5.65. The molecule has 3 aromatic carbocycles. The molecule has 0 heterocycles. The van der Waals surface area contributed by atoms with E-state index in [0.717, 1.165) is 13.0 Å². The molecular weight excluding hydrogens is 382 g/mol. The van der Waals surface area contributed by atoms with Gasteiger partial charge in [-0.1, -0.05) is 73.7 Å². The molecule has 0 saturated carbocycles. The summed E-state index contributed by atoms with van der Waals surface area (Å²) in [7, 11) is 1.43. The Morgan fingerprint density at radius 2 is 1.71 bits per heavy atom. The number of hydrogen-bond donors (Lipinski definition) is 1. The Bertz CT molecular complexity index is 1090. The Morgan fingerprint density at radius 1 is 1.03 bits per heavy atom. The topological polar surface area (TPSA) is 38.3 Å². The van der Waals surface area contributed by atoms with E-state index < -0.39 is 0 Å². The first-order valence-corrected chi connectivity index (χ1v) is 10.9. The zero-order valence-corrected chi connectivity index (χ0v) is 18.4. The van der Waals surface area contributed by atoms with Gasteiger partial charge in [-0.05, 0) is 64.8 Å². The molecule has 0 saturated heterocycles. The molecule has 3 nitrogen and oxygen atoms in total. The van der Waals surface area contributed by atoms with Gasteiger partial charge in [-0.3, -0.25) is 0 Å². The van der Waals surface area contributed by atoms with Crippen molar-refractivity contribution in [1.29, 1.82) is 0 Å². The summed E-state index contributed by atoms with van der Waals surface area (Å²) in [5, 5.41) is 3.74. The molecule has 0 aliphatic heterocycles. The fraction of sp³-hybridized carbons (Fsp3) is 0.250. The average molecular weight is 412 g/mol. The van der Waals surface area contributed by atoms with Crippen molar-refractivity contribution in [1.82, 2.24) is 5.32 Å². The molecule has 0 radical (unpaired) electrons. The van der Waals surface area contributed by atoms with E-state index in [1.54, 1.807) is 0 Å². The third-order valence-corrected chi connectivity index (χ3v) is 6.13. The van der Waals surface area contributed by atoms with Gasteiger partial charge in [0, 0.05) is 12.6 Å². The standard InChI is InChI=1S/C28H29NO2/c1-19-16-24-17-23(28(30)31-3)14-15-25(24)27(22-12-8-5-9-13-22)26(19)20(2)29-18-21-10-6-4-7-11-21/h4-15,17,19-20,29H,16,18H2,1-3H3. The third kappa shape index (κ3) is 4.47. The Labute approximate surface area is 184 Å². The maximum absolute atomic E-state index is 12.1. The first-order chi connectivity index (χ1) is 15.1. The minimum atomic E-state index is -0.288. The summed E-state index contributed by atoms with van der Waals surface area (Å²) in [6, 6.07) is 27.3. The minimum Gasteiger partial charge on any atom is -0.465 e. The fourth-order valence-corrected chi connectivity index (χ4v) is 4.64. The van der Waals surface area contributed by atoms with Crippen molar-refractivity contribution in [2.75, 3.05) is 7.11 Å². The number of rotatable bonds is 6. The molecule has 3 heteroatoms. The van der Waals surface area contributed by atoms with Gasteiger partial charge >= 0.3 is 5.97 Å². The van der Waals surface area contributed by atoms with E-state index in [9.17, 15) is 4.79 Å². The molecule has 0 amide bonds. The molecule has 1 N–H and O–H groups in total. The SMILES string of the molecule is COC(=O)c1ccc2c(c1)CC(C)C(C(C)NCc1ccccc1)=C2c1ccccc1. The van der Waals surface area contributed by atoms with Crippen molar-refractivity contribution < 1.29 is 9.53 Å². The second-order valence-corrected chi connectivity index (χ2v) is 8.25. The summed E-state index contributed by atoms with van der Waals surface area (Å²) >= 11 is 0. The lowest BCUT2D eigenvalue weighted by molar-refractivity contribution is 0.0600. The summed E-state index contributed by atoms with van der Waals surface area (Å²) in [5.41, 5.74) is 8.21. The summed E-state index contributed by atoms with van der Waals surface area (Å²) < 4.78 is 4.94. The van der Waals surface area contributed by atoms with Crippen molar-refractivity contribution >= 4 is 11.5 Å². The second-order valence-electron chi connectivity index (χ2n) is 8.25. The van der Waals surface area contributed by atoms with Gasteiger partial charge in [0.1, 0.15) is 0 Å². The molecular formula is C28H29NO2. The third-order valence-electron chi connectivity index (χ3n) is 6.13. The highest BCUT2D eigenvalue weighted by molar-refractivity contribution is 5.92. The van der Waals surface area contributed by atoms with Crippen LogP contribution in [0.15, 0.2) is 84.4 Å². The fourth-order valence-electron chi connectivity index (χ4n) is 4.64. The lowest BCUT2D eigenvalue weighted by Gasteiger charge is -2.33. The number of nitrogens with one attached hydrogen (secondary N) is 1. The molecule has 1 aliphatic rings. The molecule has 0 fully saturated rings. The number of fused-ring (bicyclic) bond motifs is 1. The number of ether oxygens (including phenoxy) is 1. The predicted molar refractivity (Wildman–Crippen MR) is 126 cm³/mol. The maximum atomic E-state index is 12.1. The van der Waals surface area contributed by atoms with Crippen LogP contribution >= 0.6 is 0 Å². The van der Waals surface area contributed by atoms with Crippen LogP contribution in [0, 0.1) is 5.92 Å². The zero-order valence-electron chi connectivity index (χ0n) is 18.4. The Balaban J connectivity index is 1.77. The highest BCUT2D eigenvalue weighted by Crippen LogP contribution is 2.40. The monoisotopic (exact) mass is 411 g/mol. The molecule has 4 rings (SSSR count). The van der Waals surface area contributed by atoms with Crippen molar-refractivity contribution in [3.63, 3.8) is 0 Å². The molecule has 0 aromatic heterocycles. The van der Waals surface area contributed by atoms with Crippen LogP contribution in [-0.2, 0) is 17.7 Å². The van der Waals surface area contributed by atoms with Gasteiger partial charge in [0.2, 0.25) is 0 Å². The van der Waals surface area contributed by atoms with Crippen LogP contribution in [0.1, 0.15) is 46.5 Å². The van der Waals surface area contributed by atoms with E-state index in [1.807, 2.05) is 24.3 Å². The highest BCUT2D eigenvalue weighted by Gasteiger charge is 2.29. The van der Waals surface area contributed by atoms with Crippen LogP contribution in [0.3, 0.4) is 0 Å². The Morgan fingerprint density at radius 3 is 2.39 bits per heavy atom. The van der Waals surface area contributed by atoms with Gasteiger partial charge in [-0.2, -0.15) is 0 Å². The van der Waals surface area contributed by atoms with Gasteiger partial charge in [-0.15, -0.1) is 0 Å². The van der Waals surface area contributed by atoms with Gasteiger partial charge < -0.3 is 10.1 Å². The van der Waals surface area contributed by atoms with E-state index in [-0.39, 0.29) is 12.0 Å². The first-order valence-electron chi connectivity index (χ1n) is 10.9.